The minimum atomic E-state index is -3.49. The van der Waals surface area contributed by atoms with Gasteiger partial charge < -0.3 is 4.74 Å². The summed E-state index contributed by atoms with van der Waals surface area (Å²) in [5.74, 6) is 0.558. The highest BCUT2D eigenvalue weighted by Gasteiger charge is 2.38. The van der Waals surface area contributed by atoms with E-state index < -0.39 is 10.0 Å². The van der Waals surface area contributed by atoms with Crippen molar-refractivity contribution in [1.29, 1.82) is 0 Å². The molecule has 1 heterocycles. The van der Waals surface area contributed by atoms with Crippen LogP contribution in [0.15, 0.2) is 46.0 Å². The molecule has 1 aliphatic carbocycles. The second-order valence-electron chi connectivity index (χ2n) is 5.09. The number of hydrogen-bond donors (Lipinski definition) is 0. The summed E-state index contributed by atoms with van der Waals surface area (Å²) in [5.41, 5.74) is 1.04. The van der Waals surface area contributed by atoms with Gasteiger partial charge in [-0.1, -0.05) is 6.07 Å². The van der Waals surface area contributed by atoms with Gasteiger partial charge in [-0.2, -0.15) is 15.6 Å². The predicted molar refractivity (Wildman–Crippen MR) is 83.1 cm³/mol. The Morgan fingerprint density at radius 3 is 2.76 bits per heavy atom. The standard InChI is InChI=1S/C15H17NO3S2/c1-19-14-3-2-4-15(9-14)21(17,18)16(13-5-6-13)10-12-7-8-20-11-12/h2-4,7-9,11,13H,5-6,10H2,1H3. The van der Waals surface area contributed by atoms with E-state index in [-0.39, 0.29) is 6.04 Å². The molecule has 0 N–H and O–H groups in total. The molecule has 112 valence electrons. The van der Waals surface area contributed by atoms with E-state index in [1.807, 2.05) is 16.8 Å². The van der Waals surface area contributed by atoms with Crippen LogP contribution in [0.5, 0.6) is 5.75 Å². The summed E-state index contributed by atoms with van der Waals surface area (Å²) in [5, 5.41) is 3.97. The van der Waals surface area contributed by atoms with Gasteiger partial charge in [0.1, 0.15) is 5.75 Å². The number of thiophene rings is 1. The van der Waals surface area contributed by atoms with Crippen molar-refractivity contribution in [3.63, 3.8) is 0 Å². The molecule has 0 radical (unpaired) electrons. The van der Waals surface area contributed by atoms with Crippen LogP contribution in [0.2, 0.25) is 0 Å². The summed E-state index contributed by atoms with van der Waals surface area (Å²) in [6.07, 6.45) is 1.88. The van der Waals surface area contributed by atoms with Gasteiger partial charge in [-0.25, -0.2) is 8.42 Å². The van der Waals surface area contributed by atoms with Gasteiger partial charge in [-0.15, -0.1) is 0 Å². The van der Waals surface area contributed by atoms with Crippen LogP contribution < -0.4 is 4.74 Å². The maximum absolute atomic E-state index is 12.9. The van der Waals surface area contributed by atoms with Crippen LogP contribution in [0.25, 0.3) is 0 Å². The van der Waals surface area contributed by atoms with Crippen molar-refractivity contribution in [3.8, 4) is 5.75 Å². The SMILES string of the molecule is COc1cccc(S(=O)(=O)N(Cc2ccsc2)C2CC2)c1. The second kappa shape index (κ2) is 5.79. The Balaban J connectivity index is 1.93. The van der Waals surface area contributed by atoms with Crippen molar-refractivity contribution in [1.82, 2.24) is 4.31 Å². The lowest BCUT2D eigenvalue weighted by Gasteiger charge is -2.21. The molecule has 1 fully saturated rings. The Morgan fingerprint density at radius 1 is 1.33 bits per heavy atom. The molecule has 1 aromatic carbocycles. The molecule has 0 atom stereocenters. The summed E-state index contributed by atoms with van der Waals surface area (Å²) < 4.78 is 32.5. The number of methoxy groups -OCH3 is 1. The Labute approximate surface area is 129 Å². The van der Waals surface area contributed by atoms with Crippen LogP contribution in [0.1, 0.15) is 18.4 Å². The van der Waals surface area contributed by atoms with Crippen molar-refractivity contribution in [2.45, 2.75) is 30.3 Å². The second-order valence-corrected chi connectivity index (χ2v) is 7.76. The third-order valence-electron chi connectivity index (χ3n) is 3.52. The van der Waals surface area contributed by atoms with Crippen LogP contribution in [0.3, 0.4) is 0 Å². The van der Waals surface area contributed by atoms with E-state index >= 15 is 0 Å². The monoisotopic (exact) mass is 323 g/mol. The van der Waals surface area contributed by atoms with Crippen molar-refractivity contribution in [2.75, 3.05) is 7.11 Å². The molecule has 4 nitrogen and oxygen atoms in total. The van der Waals surface area contributed by atoms with E-state index in [9.17, 15) is 8.42 Å². The van der Waals surface area contributed by atoms with E-state index in [0.29, 0.717) is 17.2 Å². The summed E-state index contributed by atoms with van der Waals surface area (Å²) >= 11 is 1.58. The highest BCUT2D eigenvalue weighted by atomic mass is 32.2. The first kappa shape index (κ1) is 14.6. The van der Waals surface area contributed by atoms with E-state index in [1.54, 1.807) is 39.9 Å². The fourth-order valence-corrected chi connectivity index (χ4v) is 4.60. The molecule has 0 amide bonds. The van der Waals surface area contributed by atoms with Gasteiger partial charge in [0.25, 0.3) is 0 Å². The first-order chi connectivity index (χ1) is 10.1. The fraction of sp³-hybridized carbons (Fsp3) is 0.333. The van der Waals surface area contributed by atoms with Crippen LogP contribution in [-0.4, -0.2) is 25.9 Å². The number of hydrogen-bond acceptors (Lipinski definition) is 4. The normalized spacial score (nSPS) is 15.3. The molecule has 0 spiro atoms. The lowest BCUT2D eigenvalue weighted by molar-refractivity contribution is 0.396. The summed E-state index contributed by atoms with van der Waals surface area (Å²) in [7, 11) is -1.95. The number of sulfonamides is 1. The summed E-state index contributed by atoms with van der Waals surface area (Å²) in [6, 6.07) is 8.77. The largest absolute Gasteiger partial charge is 0.497 e. The zero-order chi connectivity index (χ0) is 14.9. The Morgan fingerprint density at radius 2 is 2.14 bits per heavy atom. The topological polar surface area (TPSA) is 46.6 Å². The molecule has 0 unspecified atom stereocenters. The molecule has 1 aromatic heterocycles. The van der Waals surface area contributed by atoms with Crippen LogP contribution in [-0.2, 0) is 16.6 Å². The number of rotatable bonds is 6. The maximum Gasteiger partial charge on any atom is 0.243 e. The van der Waals surface area contributed by atoms with E-state index in [1.165, 1.54) is 7.11 Å². The lowest BCUT2D eigenvalue weighted by Crippen LogP contribution is -2.32. The van der Waals surface area contributed by atoms with Crippen LogP contribution >= 0.6 is 11.3 Å². The number of ether oxygens (including phenoxy) is 1. The molecular weight excluding hydrogens is 306 g/mol. The predicted octanol–water partition coefficient (Wildman–Crippen LogP) is 3.11. The van der Waals surface area contributed by atoms with Crippen molar-refractivity contribution >= 4 is 21.4 Å². The Kier molecular flexibility index (Phi) is 4.01. The minimum Gasteiger partial charge on any atom is -0.497 e. The Hall–Kier alpha value is -1.37. The van der Waals surface area contributed by atoms with Gasteiger partial charge in [0.15, 0.2) is 0 Å². The molecule has 1 saturated carbocycles. The molecular formula is C15H17NO3S2. The molecule has 0 bridgehead atoms. The number of nitrogens with zero attached hydrogens (tertiary/aromatic N) is 1. The summed E-state index contributed by atoms with van der Waals surface area (Å²) in [6.45, 7) is 0.438. The van der Waals surface area contributed by atoms with Gasteiger partial charge in [-0.3, -0.25) is 0 Å². The zero-order valence-electron chi connectivity index (χ0n) is 11.7. The van der Waals surface area contributed by atoms with E-state index in [2.05, 4.69) is 0 Å². The van der Waals surface area contributed by atoms with Gasteiger partial charge >= 0.3 is 0 Å². The average molecular weight is 323 g/mol. The van der Waals surface area contributed by atoms with Crippen molar-refractivity contribution in [3.05, 3.63) is 46.7 Å². The van der Waals surface area contributed by atoms with Gasteiger partial charge in [0.2, 0.25) is 10.0 Å². The average Bonchev–Trinajstić information content (AvgIpc) is 3.20. The highest BCUT2D eigenvalue weighted by molar-refractivity contribution is 7.89. The van der Waals surface area contributed by atoms with E-state index in [4.69, 9.17) is 4.74 Å². The smallest absolute Gasteiger partial charge is 0.243 e. The van der Waals surface area contributed by atoms with Crippen LogP contribution in [0, 0.1) is 0 Å². The van der Waals surface area contributed by atoms with Crippen molar-refractivity contribution < 1.29 is 13.2 Å². The molecule has 6 heteroatoms. The summed E-state index contributed by atoms with van der Waals surface area (Å²) in [4.78, 5) is 0.295. The molecule has 2 aromatic rings. The van der Waals surface area contributed by atoms with Crippen LogP contribution in [0.4, 0.5) is 0 Å². The molecule has 0 saturated heterocycles. The fourth-order valence-electron chi connectivity index (χ4n) is 2.23. The third kappa shape index (κ3) is 3.12. The molecule has 0 aliphatic heterocycles. The molecule has 1 aliphatic rings. The number of benzene rings is 1. The van der Waals surface area contributed by atoms with Gasteiger partial charge in [-0.05, 0) is 47.4 Å². The highest BCUT2D eigenvalue weighted by Crippen LogP contribution is 2.34. The molecule has 21 heavy (non-hydrogen) atoms. The van der Waals surface area contributed by atoms with Crippen molar-refractivity contribution in [2.24, 2.45) is 0 Å². The Bertz CT molecular complexity index is 706. The zero-order valence-corrected chi connectivity index (χ0v) is 13.4. The first-order valence-corrected chi connectivity index (χ1v) is 9.16. The maximum atomic E-state index is 12.9. The minimum absolute atomic E-state index is 0.126. The first-order valence-electron chi connectivity index (χ1n) is 6.78. The van der Waals surface area contributed by atoms with Gasteiger partial charge in [0, 0.05) is 18.7 Å². The quantitative estimate of drug-likeness (QED) is 0.820. The molecule has 3 rings (SSSR count). The third-order valence-corrected chi connectivity index (χ3v) is 6.15. The van der Waals surface area contributed by atoms with E-state index in [0.717, 1.165) is 18.4 Å². The van der Waals surface area contributed by atoms with Gasteiger partial charge in [0.05, 0.1) is 12.0 Å². The lowest BCUT2D eigenvalue weighted by atomic mass is 10.3.